The van der Waals surface area contributed by atoms with Gasteiger partial charge in [0.2, 0.25) is 11.8 Å². The topological polar surface area (TPSA) is 76.7 Å². The molecule has 3 rings (SSSR count). The van der Waals surface area contributed by atoms with Crippen molar-refractivity contribution in [2.75, 3.05) is 25.1 Å². The van der Waals surface area contributed by atoms with E-state index in [1.54, 1.807) is 12.1 Å². The molecule has 2 N–H and O–H groups in total. The Balaban J connectivity index is 1.42. The SMILES string of the molecule is CCOc1ccc(NC(=O)C2CC2C(=O)NCC2CCCO2)cc1. The van der Waals surface area contributed by atoms with Crippen LogP contribution in [0.4, 0.5) is 5.69 Å². The highest BCUT2D eigenvalue weighted by molar-refractivity contribution is 5.99. The first-order valence-corrected chi connectivity index (χ1v) is 8.60. The largest absolute Gasteiger partial charge is 0.494 e. The number of benzene rings is 1. The average Bonchev–Trinajstić information content (AvgIpc) is 3.23. The van der Waals surface area contributed by atoms with Gasteiger partial charge in [-0.2, -0.15) is 0 Å². The van der Waals surface area contributed by atoms with E-state index < -0.39 is 0 Å². The number of hydrogen-bond acceptors (Lipinski definition) is 4. The molecule has 3 atom stereocenters. The van der Waals surface area contributed by atoms with Gasteiger partial charge in [-0.1, -0.05) is 0 Å². The average molecular weight is 332 g/mol. The highest BCUT2D eigenvalue weighted by Gasteiger charge is 2.48. The molecule has 6 heteroatoms. The Kier molecular flexibility index (Phi) is 5.35. The third-order valence-corrected chi connectivity index (χ3v) is 4.42. The lowest BCUT2D eigenvalue weighted by molar-refractivity contribution is -0.125. The summed E-state index contributed by atoms with van der Waals surface area (Å²) in [6.07, 6.45) is 2.79. The number of ether oxygens (including phenoxy) is 2. The molecule has 24 heavy (non-hydrogen) atoms. The van der Waals surface area contributed by atoms with Crippen LogP contribution in [0.2, 0.25) is 0 Å². The Labute approximate surface area is 141 Å². The fraction of sp³-hybridized carbons (Fsp3) is 0.556. The zero-order chi connectivity index (χ0) is 16.9. The molecule has 0 spiro atoms. The fourth-order valence-electron chi connectivity index (χ4n) is 2.96. The summed E-state index contributed by atoms with van der Waals surface area (Å²) in [5.41, 5.74) is 0.717. The van der Waals surface area contributed by atoms with Crippen molar-refractivity contribution < 1.29 is 19.1 Å². The van der Waals surface area contributed by atoms with Crippen molar-refractivity contribution in [1.29, 1.82) is 0 Å². The molecule has 130 valence electrons. The van der Waals surface area contributed by atoms with E-state index in [9.17, 15) is 9.59 Å². The maximum Gasteiger partial charge on any atom is 0.228 e. The highest BCUT2D eigenvalue weighted by atomic mass is 16.5. The smallest absolute Gasteiger partial charge is 0.228 e. The van der Waals surface area contributed by atoms with Crippen molar-refractivity contribution in [3.8, 4) is 5.75 Å². The van der Waals surface area contributed by atoms with E-state index in [0.717, 1.165) is 25.2 Å². The second-order valence-electron chi connectivity index (χ2n) is 6.28. The van der Waals surface area contributed by atoms with Crippen molar-refractivity contribution >= 4 is 17.5 Å². The van der Waals surface area contributed by atoms with Gasteiger partial charge < -0.3 is 20.1 Å². The van der Waals surface area contributed by atoms with Crippen LogP contribution in [0.25, 0.3) is 0 Å². The van der Waals surface area contributed by atoms with Gasteiger partial charge in [-0.05, 0) is 50.5 Å². The third kappa shape index (κ3) is 4.26. The minimum atomic E-state index is -0.235. The molecule has 2 fully saturated rings. The van der Waals surface area contributed by atoms with Crippen molar-refractivity contribution in [3.05, 3.63) is 24.3 Å². The Hall–Kier alpha value is -2.08. The molecule has 1 aliphatic heterocycles. The Bertz CT molecular complexity index is 581. The standard InChI is InChI=1S/C18H24N2O4/c1-2-23-13-7-5-12(6-8-13)20-18(22)16-10-15(16)17(21)19-11-14-4-3-9-24-14/h5-8,14-16H,2-4,9-11H2,1H3,(H,19,21)(H,20,22). The van der Waals surface area contributed by atoms with Gasteiger partial charge in [0.25, 0.3) is 0 Å². The van der Waals surface area contributed by atoms with E-state index in [1.165, 1.54) is 0 Å². The lowest BCUT2D eigenvalue weighted by atomic mass is 10.2. The van der Waals surface area contributed by atoms with Gasteiger partial charge in [0.05, 0.1) is 24.5 Å². The monoisotopic (exact) mass is 332 g/mol. The molecule has 3 unspecified atom stereocenters. The second-order valence-corrected chi connectivity index (χ2v) is 6.28. The number of rotatable bonds is 7. The van der Waals surface area contributed by atoms with Gasteiger partial charge >= 0.3 is 0 Å². The normalized spacial score (nSPS) is 25.1. The molecular weight excluding hydrogens is 308 g/mol. The van der Waals surface area contributed by atoms with Crippen LogP contribution in [0.3, 0.4) is 0 Å². The van der Waals surface area contributed by atoms with Crippen LogP contribution in [0, 0.1) is 11.8 Å². The molecule has 2 aliphatic rings. The molecule has 1 aromatic carbocycles. The molecule has 2 amide bonds. The lowest BCUT2D eigenvalue weighted by Gasteiger charge is -2.10. The van der Waals surface area contributed by atoms with E-state index in [0.29, 0.717) is 25.3 Å². The second kappa shape index (κ2) is 7.66. The molecule has 6 nitrogen and oxygen atoms in total. The number of carbonyl (C=O) groups excluding carboxylic acids is 2. The number of carbonyl (C=O) groups is 2. The molecule has 1 heterocycles. The van der Waals surface area contributed by atoms with Gasteiger partial charge in [0.1, 0.15) is 5.75 Å². The highest BCUT2D eigenvalue weighted by Crippen LogP contribution is 2.39. The third-order valence-electron chi connectivity index (χ3n) is 4.42. The predicted molar refractivity (Wildman–Crippen MR) is 89.8 cm³/mol. The zero-order valence-electron chi connectivity index (χ0n) is 13.9. The van der Waals surface area contributed by atoms with Crippen molar-refractivity contribution in [3.63, 3.8) is 0 Å². The Morgan fingerprint density at radius 2 is 1.96 bits per heavy atom. The van der Waals surface area contributed by atoms with Gasteiger partial charge in [0.15, 0.2) is 0 Å². The summed E-state index contributed by atoms with van der Waals surface area (Å²) < 4.78 is 10.8. The quantitative estimate of drug-likeness (QED) is 0.800. The summed E-state index contributed by atoms with van der Waals surface area (Å²) in [4.78, 5) is 24.3. The van der Waals surface area contributed by atoms with E-state index in [1.807, 2.05) is 19.1 Å². The van der Waals surface area contributed by atoms with Gasteiger partial charge in [-0.25, -0.2) is 0 Å². The summed E-state index contributed by atoms with van der Waals surface area (Å²) in [5.74, 6) is 0.178. The first-order chi connectivity index (χ1) is 11.7. The zero-order valence-corrected chi connectivity index (χ0v) is 13.9. The number of hydrogen-bond donors (Lipinski definition) is 2. The van der Waals surface area contributed by atoms with Crippen molar-refractivity contribution in [1.82, 2.24) is 5.32 Å². The molecule has 0 bridgehead atoms. The predicted octanol–water partition coefficient (Wildman–Crippen LogP) is 1.96. The summed E-state index contributed by atoms with van der Waals surface area (Å²) >= 11 is 0. The Morgan fingerprint density at radius 1 is 1.21 bits per heavy atom. The van der Waals surface area contributed by atoms with E-state index in [2.05, 4.69) is 10.6 Å². The molecule has 1 saturated heterocycles. The van der Waals surface area contributed by atoms with Crippen molar-refractivity contribution in [2.24, 2.45) is 11.8 Å². The van der Waals surface area contributed by atoms with E-state index >= 15 is 0 Å². The van der Waals surface area contributed by atoms with Crippen LogP contribution < -0.4 is 15.4 Å². The lowest BCUT2D eigenvalue weighted by Crippen LogP contribution is -2.33. The molecule has 0 radical (unpaired) electrons. The van der Waals surface area contributed by atoms with E-state index in [-0.39, 0.29) is 29.8 Å². The summed E-state index contributed by atoms with van der Waals surface area (Å²) in [6, 6.07) is 7.24. The molecule has 1 aliphatic carbocycles. The maximum absolute atomic E-state index is 12.2. The summed E-state index contributed by atoms with van der Waals surface area (Å²) in [7, 11) is 0. The molecule has 0 aromatic heterocycles. The Morgan fingerprint density at radius 3 is 2.62 bits per heavy atom. The van der Waals surface area contributed by atoms with Crippen LogP contribution in [0.1, 0.15) is 26.2 Å². The first-order valence-electron chi connectivity index (χ1n) is 8.60. The van der Waals surface area contributed by atoms with Gasteiger partial charge in [0, 0.05) is 18.8 Å². The summed E-state index contributed by atoms with van der Waals surface area (Å²) in [5, 5.41) is 5.75. The van der Waals surface area contributed by atoms with Crippen LogP contribution >= 0.6 is 0 Å². The van der Waals surface area contributed by atoms with Crippen LogP contribution in [0.5, 0.6) is 5.75 Å². The number of nitrogens with one attached hydrogen (secondary N) is 2. The minimum Gasteiger partial charge on any atom is -0.494 e. The molecule has 1 saturated carbocycles. The summed E-state index contributed by atoms with van der Waals surface area (Å²) in [6.45, 7) is 3.85. The van der Waals surface area contributed by atoms with E-state index in [4.69, 9.17) is 9.47 Å². The van der Waals surface area contributed by atoms with Gasteiger partial charge in [-0.3, -0.25) is 9.59 Å². The number of anilines is 1. The fourth-order valence-corrected chi connectivity index (χ4v) is 2.96. The van der Waals surface area contributed by atoms with Gasteiger partial charge in [-0.15, -0.1) is 0 Å². The van der Waals surface area contributed by atoms with Crippen LogP contribution in [-0.2, 0) is 14.3 Å². The van der Waals surface area contributed by atoms with Crippen LogP contribution in [-0.4, -0.2) is 37.7 Å². The van der Waals surface area contributed by atoms with Crippen molar-refractivity contribution in [2.45, 2.75) is 32.3 Å². The molecular formula is C18H24N2O4. The first kappa shape index (κ1) is 16.8. The number of amides is 2. The molecule has 1 aromatic rings. The minimum absolute atomic E-state index is 0.0441. The van der Waals surface area contributed by atoms with Crippen LogP contribution in [0.15, 0.2) is 24.3 Å². The maximum atomic E-state index is 12.2.